The zero-order chi connectivity index (χ0) is 14.5. The Labute approximate surface area is 131 Å². The zero-order valence-electron chi connectivity index (χ0n) is 11.6. The van der Waals surface area contributed by atoms with E-state index in [9.17, 15) is 4.79 Å². The van der Waals surface area contributed by atoms with Gasteiger partial charge in [0.15, 0.2) is 11.5 Å². The van der Waals surface area contributed by atoms with Crippen LogP contribution in [0.15, 0.2) is 16.6 Å². The first-order chi connectivity index (χ1) is 9.56. The summed E-state index contributed by atoms with van der Waals surface area (Å²) in [5.41, 5.74) is 1.11. The Morgan fingerprint density at radius 2 is 2.00 bits per heavy atom. The van der Waals surface area contributed by atoms with E-state index < -0.39 is 0 Å². The fraction of sp³-hybridized carbons (Fsp3) is 0.500. The molecule has 2 rings (SSSR count). The van der Waals surface area contributed by atoms with Crippen LogP contribution in [0.1, 0.15) is 19.4 Å². The van der Waals surface area contributed by atoms with Crippen molar-refractivity contribution in [2.45, 2.75) is 25.6 Å². The van der Waals surface area contributed by atoms with Crippen molar-refractivity contribution in [3.63, 3.8) is 0 Å². The van der Waals surface area contributed by atoms with Crippen molar-refractivity contribution < 1.29 is 14.3 Å². The summed E-state index contributed by atoms with van der Waals surface area (Å²) in [6.07, 6.45) is 0. The van der Waals surface area contributed by atoms with Crippen molar-refractivity contribution in [3.05, 3.63) is 22.2 Å². The standard InChI is InChI=1S/C14H18BrNO3S/c1-9(2)16-14(17)8-20-7-10-5-12-13(6-11(10)15)19-4-3-18-12/h5-6,9H,3-4,7-8H2,1-2H3,(H,16,17). The van der Waals surface area contributed by atoms with Crippen molar-refractivity contribution in [3.8, 4) is 11.5 Å². The zero-order valence-corrected chi connectivity index (χ0v) is 14.0. The Kier molecular flexibility index (Phi) is 5.60. The molecule has 0 fully saturated rings. The van der Waals surface area contributed by atoms with Gasteiger partial charge in [-0.2, -0.15) is 0 Å². The van der Waals surface area contributed by atoms with Gasteiger partial charge in [-0.3, -0.25) is 4.79 Å². The van der Waals surface area contributed by atoms with Gasteiger partial charge in [-0.05, 0) is 31.5 Å². The lowest BCUT2D eigenvalue weighted by atomic mass is 10.2. The molecule has 1 aromatic carbocycles. The fourth-order valence-electron chi connectivity index (χ4n) is 1.83. The lowest BCUT2D eigenvalue weighted by Gasteiger charge is -2.19. The number of rotatable bonds is 5. The number of carbonyl (C=O) groups is 1. The highest BCUT2D eigenvalue weighted by Crippen LogP contribution is 2.36. The average molecular weight is 360 g/mol. The number of hydrogen-bond acceptors (Lipinski definition) is 4. The molecular weight excluding hydrogens is 342 g/mol. The number of ether oxygens (including phenoxy) is 2. The number of thioether (sulfide) groups is 1. The lowest BCUT2D eigenvalue weighted by molar-refractivity contribution is -0.119. The molecule has 0 saturated heterocycles. The Morgan fingerprint density at radius 1 is 1.35 bits per heavy atom. The van der Waals surface area contributed by atoms with Crippen molar-refractivity contribution in [1.82, 2.24) is 5.32 Å². The summed E-state index contributed by atoms with van der Waals surface area (Å²) in [5.74, 6) is 2.83. The van der Waals surface area contributed by atoms with Gasteiger partial charge in [0.05, 0.1) is 5.75 Å². The smallest absolute Gasteiger partial charge is 0.230 e. The van der Waals surface area contributed by atoms with Crippen LogP contribution in [0.4, 0.5) is 0 Å². The molecule has 0 radical (unpaired) electrons. The molecule has 0 unspecified atom stereocenters. The molecule has 0 aromatic heterocycles. The maximum Gasteiger partial charge on any atom is 0.230 e. The van der Waals surface area contributed by atoms with Crippen LogP contribution in [0.3, 0.4) is 0 Å². The first-order valence-electron chi connectivity index (χ1n) is 6.51. The highest BCUT2D eigenvalue weighted by atomic mass is 79.9. The van der Waals surface area contributed by atoms with Gasteiger partial charge < -0.3 is 14.8 Å². The minimum Gasteiger partial charge on any atom is -0.486 e. The summed E-state index contributed by atoms with van der Waals surface area (Å²) < 4.78 is 12.1. The van der Waals surface area contributed by atoms with Gasteiger partial charge in [0.2, 0.25) is 5.91 Å². The van der Waals surface area contributed by atoms with Crippen molar-refractivity contribution >= 4 is 33.6 Å². The minimum absolute atomic E-state index is 0.0682. The summed E-state index contributed by atoms with van der Waals surface area (Å²) >= 11 is 5.12. The van der Waals surface area contributed by atoms with Gasteiger partial charge in [-0.1, -0.05) is 15.9 Å². The Balaban J connectivity index is 1.91. The van der Waals surface area contributed by atoms with Crippen LogP contribution in [0.2, 0.25) is 0 Å². The first kappa shape index (κ1) is 15.5. The van der Waals surface area contributed by atoms with Gasteiger partial charge in [0, 0.05) is 16.3 Å². The summed E-state index contributed by atoms with van der Waals surface area (Å²) in [6, 6.07) is 4.09. The van der Waals surface area contributed by atoms with E-state index in [4.69, 9.17) is 9.47 Å². The third-order valence-electron chi connectivity index (χ3n) is 2.65. The van der Waals surface area contributed by atoms with Gasteiger partial charge in [0.1, 0.15) is 13.2 Å². The molecule has 0 spiro atoms. The highest BCUT2D eigenvalue weighted by Gasteiger charge is 2.15. The molecule has 0 atom stereocenters. The van der Waals surface area contributed by atoms with Crippen molar-refractivity contribution in [2.75, 3.05) is 19.0 Å². The molecule has 6 heteroatoms. The van der Waals surface area contributed by atoms with Crippen LogP contribution in [-0.4, -0.2) is 30.9 Å². The quantitative estimate of drug-likeness (QED) is 0.877. The van der Waals surface area contributed by atoms with Crippen molar-refractivity contribution in [2.24, 2.45) is 0 Å². The van der Waals surface area contributed by atoms with Gasteiger partial charge in [0.25, 0.3) is 0 Å². The number of fused-ring (bicyclic) bond motifs is 1. The van der Waals surface area contributed by atoms with E-state index in [1.54, 1.807) is 11.8 Å². The van der Waals surface area contributed by atoms with Crippen LogP contribution in [0.5, 0.6) is 11.5 Å². The largest absolute Gasteiger partial charge is 0.486 e. The maximum atomic E-state index is 11.6. The Hall–Kier alpha value is -0.880. The molecule has 0 saturated carbocycles. The Morgan fingerprint density at radius 3 is 2.65 bits per heavy atom. The van der Waals surface area contributed by atoms with E-state index in [0.29, 0.717) is 19.0 Å². The summed E-state index contributed by atoms with van der Waals surface area (Å²) in [4.78, 5) is 11.6. The number of halogens is 1. The first-order valence-corrected chi connectivity index (χ1v) is 8.46. The van der Waals surface area contributed by atoms with E-state index in [-0.39, 0.29) is 11.9 Å². The lowest BCUT2D eigenvalue weighted by Crippen LogP contribution is -2.31. The number of hydrogen-bond donors (Lipinski definition) is 1. The van der Waals surface area contributed by atoms with E-state index in [1.807, 2.05) is 26.0 Å². The highest BCUT2D eigenvalue weighted by molar-refractivity contribution is 9.10. The molecule has 20 heavy (non-hydrogen) atoms. The van der Waals surface area contributed by atoms with Crippen LogP contribution in [0, 0.1) is 0 Å². The van der Waals surface area contributed by atoms with Crippen LogP contribution in [-0.2, 0) is 10.5 Å². The number of carbonyl (C=O) groups excluding carboxylic acids is 1. The fourth-order valence-corrected chi connectivity index (χ4v) is 3.31. The number of amides is 1. The van der Waals surface area contributed by atoms with Gasteiger partial charge >= 0.3 is 0 Å². The summed E-state index contributed by atoms with van der Waals surface area (Å²) in [5, 5.41) is 2.88. The van der Waals surface area contributed by atoms with Gasteiger partial charge in [-0.15, -0.1) is 11.8 Å². The van der Waals surface area contributed by atoms with Crippen LogP contribution < -0.4 is 14.8 Å². The third kappa shape index (κ3) is 4.31. The molecule has 1 aliphatic rings. The average Bonchev–Trinajstić information content (AvgIpc) is 2.38. The molecule has 110 valence electrons. The molecule has 1 heterocycles. The molecule has 0 bridgehead atoms. The predicted octanol–water partition coefficient (Wildman–Crippen LogP) is 2.98. The molecule has 1 aromatic rings. The SMILES string of the molecule is CC(C)NC(=O)CSCc1cc2c(cc1Br)OCCO2. The molecule has 4 nitrogen and oxygen atoms in total. The van der Waals surface area contributed by atoms with Crippen LogP contribution in [0.25, 0.3) is 0 Å². The second-order valence-corrected chi connectivity index (χ2v) is 6.64. The summed E-state index contributed by atoms with van der Waals surface area (Å²) in [7, 11) is 0. The van der Waals surface area contributed by atoms with E-state index in [2.05, 4.69) is 21.2 Å². The normalized spacial score (nSPS) is 13.4. The number of nitrogens with one attached hydrogen (secondary N) is 1. The molecule has 1 N–H and O–H groups in total. The molecule has 0 aliphatic carbocycles. The Bertz CT molecular complexity index is 494. The third-order valence-corrected chi connectivity index (χ3v) is 4.37. The second kappa shape index (κ2) is 7.22. The monoisotopic (exact) mass is 359 g/mol. The number of benzene rings is 1. The molecule has 1 aliphatic heterocycles. The topological polar surface area (TPSA) is 47.6 Å². The minimum atomic E-state index is 0.0682. The predicted molar refractivity (Wildman–Crippen MR) is 84.6 cm³/mol. The van der Waals surface area contributed by atoms with Crippen molar-refractivity contribution in [1.29, 1.82) is 0 Å². The van der Waals surface area contributed by atoms with E-state index in [0.717, 1.165) is 27.3 Å². The van der Waals surface area contributed by atoms with E-state index >= 15 is 0 Å². The molecular formula is C14H18BrNO3S. The second-order valence-electron chi connectivity index (χ2n) is 4.80. The summed E-state index contributed by atoms with van der Waals surface area (Å²) in [6.45, 7) is 5.08. The van der Waals surface area contributed by atoms with Gasteiger partial charge in [-0.25, -0.2) is 0 Å². The van der Waals surface area contributed by atoms with Crippen LogP contribution >= 0.6 is 27.7 Å². The molecule has 1 amide bonds. The van der Waals surface area contributed by atoms with E-state index in [1.165, 1.54) is 0 Å². The maximum absolute atomic E-state index is 11.6.